The summed E-state index contributed by atoms with van der Waals surface area (Å²) in [6, 6.07) is 20.9. The van der Waals surface area contributed by atoms with Crippen molar-refractivity contribution in [3.63, 3.8) is 0 Å². The Labute approximate surface area is 205 Å². The minimum absolute atomic E-state index is 0.00539. The molecule has 0 aliphatic rings. The summed E-state index contributed by atoms with van der Waals surface area (Å²) in [5, 5.41) is 2.69. The molecule has 3 rings (SSSR count). The lowest BCUT2D eigenvalue weighted by Gasteiger charge is -2.32. The Bertz CT molecular complexity index is 1240. The molecule has 1 atom stereocenters. The number of anilines is 1. The van der Waals surface area contributed by atoms with E-state index in [1.54, 1.807) is 62.4 Å². The third kappa shape index (κ3) is 6.45. The Hall–Kier alpha value is -3.72. The van der Waals surface area contributed by atoms with Crippen molar-refractivity contribution in [1.82, 2.24) is 10.2 Å². The van der Waals surface area contributed by atoms with Crippen molar-refractivity contribution < 1.29 is 22.4 Å². The maximum Gasteiger partial charge on any atom is 0.264 e. The first kappa shape index (κ1) is 25.9. The van der Waals surface area contributed by atoms with Gasteiger partial charge >= 0.3 is 0 Å². The van der Waals surface area contributed by atoms with Crippen LogP contribution < -0.4 is 9.62 Å². The molecular formula is C26H28FN3O4S. The molecule has 2 amide bonds. The second kappa shape index (κ2) is 11.6. The number of benzene rings is 3. The summed E-state index contributed by atoms with van der Waals surface area (Å²) in [7, 11) is -4.08. The summed E-state index contributed by atoms with van der Waals surface area (Å²) in [5.41, 5.74) is 0.921. The molecule has 0 aliphatic heterocycles. The molecule has 0 saturated carbocycles. The van der Waals surface area contributed by atoms with E-state index in [0.29, 0.717) is 17.8 Å². The van der Waals surface area contributed by atoms with Crippen molar-refractivity contribution in [3.8, 4) is 0 Å². The van der Waals surface area contributed by atoms with Gasteiger partial charge in [-0.25, -0.2) is 12.8 Å². The summed E-state index contributed by atoms with van der Waals surface area (Å²) in [4.78, 5) is 27.5. The van der Waals surface area contributed by atoms with Gasteiger partial charge < -0.3 is 10.2 Å². The van der Waals surface area contributed by atoms with Crippen molar-refractivity contribution in [2.24, 2.45) is 0 Å². The Balaban J connectivity index is 1.98. The lowest BCUT2D eigenvalue weighted by atomic mass is 10.1. The van der Waals surface area contributed by atoms with Gasteiger partial charge in [0.15, 0.2) is 0 Å². The van der Waals surface area contributed by atoms with Gasteiger partial charge in [-0.05, 0) is 55.8 Å². The molecule has 35 heavy (non-hydrogen) atoms. The number of para-hydroxylation sites is 1. The van der Waals surface area contributed by atoms with E-state index >= 15 is 0 Å². The lowest BCUT2D eigenvalue weighted by Crippen LogP contribution is -2.51. The Morgan fingerprint density at radius 3 is 2.06 bits per heavy atom. The number of nitrogens with one attached hydrogen (secondary N) is 1. The van der Waals surface area contributed by atoms with E-state index in [4.69, 9.17) is 0 Å². The number of rotatable bonds is 10. The summed E-state index contributed by atoms with van der Waals surface area (Å²) in [5.74, 6) is -1.37. The standard InChI is InChI=1S/C26H28FN3O4S/c1-3-28-26(32)20(2)29(18-21-14-16-22(27)17-15-21)25(31)19-30(23-10-6-4-7-11-23)35(33,34)24-12-8-5-9-13-24/h4-17,20H,3,18-19H2,1-2H3,(H,28,32). The van der Waals surface area contributed by atoms with Crippen molar-refractivity contribution in [3.05, 3.63) is 96.3 Å². The van der Waals surface area contributed by atoms with E-state index in [-0.39, 0.29) is 17.3 Å². The van der Waals surface area contributed by atoms with E-state index in [1.165, 1.54) is 41.3 Å². The van der Waals surface area contributed by atoms with Gasteiger partial charge in [-0.2, -0.15) is 0 Å². The fourth-order valence-electron chi connectivity index (χ4n) is 3.53. The monoisotopic (exact) mass is 497 g/mol. The number of halogens is 1. The first-order chi connectivity index (χ1) is 16.7. The highest BCUT2D eigenvalue weighted by molar-refractivity contribution is 7.92. The predicted molar refractivity (Wildman–Crippen MR) is 133 cm³/mol. The number of sulfonamides is 1. The number of carbonyl (C=O) groups excluding carboxylic acids is 2. The number of amides is 2. The molecule has 0 fully saturated rings. The predicted octanol–water partition coefficient (Wildman–Crippen LogP) is 3.57. The zero-order chi connectivity index (χ0) is 25.4. The number of likely N-dealkylation sites (N-methyl/N-ethyl adjacent to an activating group) is 1. The van der Waals surface area contributed by atoms with Gasteiger partial charge in [0.2, 0.25) is 11.8 Å². The second-order valence-electron chi connectivity index (χ2n) is 7.88. The third-order valence-electron chi connectivity index (χ3n) is 5.44. The molecule has 3 aromatic carbocycles. The lowest BCUT2D eigenvalue weighted by molar-refractivity contribution is -0.139. The quantitative estimate of drug-likeness (QED) is 0.464. The summed E-state index contributed by atoms with van der Waals surface area (Å²) in [6.45, 7) is 3.20. The fraction of sp³-hybridized carbons (Fsp3) is 0.231. The Morgan fingerprint density at radius 1 is 0.914 bits per heavy atom. The molecule has 0 aliphatic carbocycles. The van der Waals surface area contributed by atoms with Crippen LogP contribution >= 0.6 is 0 Å². The van der Waals surface area contributed by atoms with Crippen LogP contribution in [-0.2, 0) is 26.2 Å². The molecule has 0 radical (unpaired) electrons. The van der Waals surface area contributed by atoms with Crippen LogP contribution in [0.15, 0.2) is 89.8 Å². The second-order valence-corrected chi connectivity index (χ2v) is 9.74. The molecule has 0 heterocycles. The van der Waals surface area contributed by atoms with Crippen LogP contribution in [0.25, 0.3) is 0 Å². The molecule has 1 unspecified atom stereocenters. The van der Waals surface area contributed by atoms with Crippen molar-refractivity contribution in [2.45, 2.75) is 31.3 Å². The zero-order valence-electron chi connectivity index (χ0n) is 19.6. The molecule has 184 valence electrons. The highest BCUT2D eigenvalue weighted by Crippen LogP contribution is 2.24. The summed E-state index contributed by atoms with van der Waals surface area (Å²) >= 11 is 0. The maximum atomic E-state index is 13.6. The first-order valence-electron chi connectivity index (χ1n) is 11.2. The van der Waals surface area contributed by atoms with Crippen LogP contribution in [0.5, 0.6) is 0 Å². The van der Waals surface area contributed by atoms with Gasteiger partial charge in [-0.1, -0.05) is 48.5 Å². The van der Waals surface area contributed by atoms with Crippen molar-refractivity contribution in [1.29, 1.82) is 0 Å². The normalized spacial score (nSPS) is 12.0. The molecule has 1 N–H and O–H groups in total. The molecule has 0 aromatic heterocycles. The van der Waals surface area contributed by atoms with Gasteiger partial charge in [0, 0.05) is 13.1 Å². The minimum atomic E-state index is -4.08. The van der Waals surface area contributed by atoms with Gasteiger partial charge in [-0.15, -0.1) is 0 Å². The molecule has 0 bridgehead atoms. The van der Waals surface area contributed by atoms with Crippen molar-refractivity contribution in [2.75, 3.05) is 17.4 Å². The van der Waals surface area contributed by atoms with E-state index in [2.05, 4.69) is 5.32 Å². The number of hydrogen-bond acceptors (Lipinski definition) is 4. The summed E-state index contributed by atoms with van der Waals surface area (Å²) in [6.07, 6.45) is 0. The van der Waals surface area contributed by atoms with Gasteiger partial charge in [0.05, 0.1) is 10.6 Å². The van der Waals surface area contributed by atoms with Crippen LogP contribution in [0.1, 0.15) is 19.4 Å². The highest BCUT2D eigenvalue weighted by Gasteiger charge is 2.32. The fourth-order valence-corrected chi connectivity index (χ4v) is 4.97. The van der Waals surface area contributed by atoms with Crippen LogP contribution in [0.2, 0.25) is 0 Å². The van der Waals surface area contributed by atoms with Crippen molar-refractivity contribution >= 4 is 27.5 Å². The first-order valence-corrected chi connectivity index (χ1v) is 12.6. The average molecular weight is 498 g/mol. The van der Waals surface area contributed by atoms with Crippen LogP contribution in [0, 0.1) is 5.82 Å². The van der Waals surface area contributed by atoms with E-state index < -0.39 is 34.3 Å². The van der Waals surface area contributed by atoms with E-state index in [9.17, 15) is 22.4 Å². The molecule has 7 nitrogen and oxygen atoms in total. The third-order valence-corrected chi connectivity index (χ3v) is 7.23. The topological polar surface area (TPSA) is 86.8 Å². The molecule has 9 heteroatoms. The van der Waals surface area contributed by atoms with E-state index in [1.807, 2.05) is 0 Å². The molecule has 0 spiro atoms. The highest BCUT2D eigenvalue weighted by atomic mass is 32.2. The van der Waals surface area contributed by atoms with Crippen LogP contribution in [0.4, 0.5) is 10.1 Å². The Kier molecular flexibility index (Phi) is 8.59. The number of nitrogens with zero attached hydrogens (tertiary/aromatic N) is 2. The van der Waals surface area contributed by atoms with E-state index in [0.717, 1.165) is 4.31 Å². The SMILES string of the molecule is CCNC(=O)C(C)N(Cc1ccc(F)cc1)C(=O)CN(c1ccccc1)S(=O)(=O)c1ccccc1. The molecule has 3 aromatic rings. The average Bonchev–Trinajstić information content (AvgIpc) is 2.87. The number of carbonyl (C=O) groups is 2. The van der Waals surface area contributed by atoms with Gasteiger partial charge in [0.1, 0.15) is 18.4 Å². The molecular weight excluding hydrogens is 469 g/mol. The molecule has 0 saturated heterocycles. The number of hydrogen-bond donors (Lipinski definition) is 1. The Morgan fingerprint density at radius 2 is 1.49 bits per heavy atom. The van der Waals surface area contributed by atoms with Gasteiger partial charge in [0.25, 0.3) is 10.0 Å². The minimum Gasteiger partial charge on any atom is -0.355 e. The van der Waals surface area contributed by atoms with Crippen LogP contribution in [-0.4, -0.2) is 44.3 Å². The largest absolute Gasteiger partial charge is 0.355 e. The maximum absolute atomic E-state index is 13.6. The van der Waals surface area contributed by atoms with Crippen LogP contribution in [0.3, 0.4) is 0 Å². The smallest absolute Gasteiger partial charge is 0.264 e. The zero-order valence-corrected chi connectivity index (χ0v) is 20.4. The summed E-state index contributed by atoms with van der Waals surface area (Å²) < 4.78 is 41.5. The van der Waals surface area contributed by atoms with Gasteiger partial charge in [-0.3, -0.25) is 13.9 Å².